The number of carbonyl (C=O) groups is 2. The first-order chi connectivity index (χ1) is 15.4. The lowest BCUT2D eigenvalue weighted by Gasteiger charge is -2.06. The zero-order chi connectivity index (χ0) is 23.1. The average Bonchev–Trinajstić information content (AvgIpc) is 3.23. The highest BCUT2D eigenvalue weighted by molar-refractivity contribution is 6.39. The van der Waals surface area contributed by atoms with Crippen molar-refractivity contribution in [3.05, 3.63) is 76.0 Å². The minimum absolute atomic E-state index is 0.00850. The van der Waals surface area contributed by atoms with Crippen molar-refractivity contribution in [2.24, 2.45) is 5.10 Å². The summed E-state index contributed by atoms with van der Waals surface area (Å²) in [4.78, 5) is 34.3. The summed E-state index contributed by atoms with van der Waals surface area (Å²) < 4.78 is 10.9. The lowest BCUT2D eigenvalue weighted by atomic mass is 10.1. The summed E-state index contributed by atoms with van der Waals surface area (Å²) >= 11 is 0. The van der Waals surface area contributed by atoms with Gasteiger partial charge in [-0.1, -0.05) is 0 Å². The maximum absolute atomic E-state index is 12.0. The molecule has 0 aliphatic heterocycles. The van der Waals surface area contributed by atoms with Gasteiger partial charge < -0.3 is 14.5 Å². The van der Waals surface area contributed by atoms with E-state index in [0.29, 0.717) is 40.7 Å². The van der Waals surface area contributed by atoms with E-state index in [4.69, 9.17) is 9.15 Å². The van der Waals surface area contributed by atoms with Crippen molar-refractivity contribution >= 4 is 29.4 Å². The van der Waals surface area contributed by atoms with Gasteiger partial charge in [0, 0.05) is 23.4 Å². The van der Waals surface area contributed by atoms with Crippen LogP contribution >= 0.6 is 0 Å². The Balaban J connectivity index is 1.57. The first-order valence-corrected chi connectivity index (χ1v) is 9.60. The zero-order valence-electron chi connectivity index (χ0n) is 17.3. The van der Waals surface area contributed by atoms with Crippen molar-refractivity contribution in [1.29, 1.82) is 0 Å². The number of hydrogen-bond acceptors (Lipinski definition) is 7. The van der Waals surface area contributed by atoms with Gasteiger partial charge in [-0.2, -0.15) is 5.10 Å². The summed E-state index contributed by atoms with van der Waals surface area (Å²) in [7, 11) is 0. The molecule has 2 amide bonds. The Bertz CT molecular complexity index is 1170. The third-order valence-electron chi connectivity index (χ3n) is 4.30. The van der Waals surface area contributed by atoms with Crippen molar-refractivity contribution in [2.45, 2.75) is 13.8 Å². The molecule has 0 fully saturated rings. The molecule has 0 aliphatic rings. The van der Waals surface area contributed by atoms with Gasteiger partial charge in [-0.05, 0) is 61.9 Å². The summed E-state index contributed by atoms with van der Waals surface area (Å²) in [6.07, 6.45) is 1.24. The summed E-state index contributed by atoms with van der Waals surface area (Å²) in [5.41, 5.74) is 3.92. The second-order valence-corrected chi connectivity index (χ2v) is 6.57. The van der Waals surface area contributed by atoms with Gasteiger partial charge >= 0.3 is 11.8 Å². The molecule has 10 heteroatoms. The molecule has 0 atom stereocenters. The number of hydrogen-bond donors (Lipinski definition) is 2. The van der Waals surface area contributed by atoms with E-state index in [-0.39, 0.29) is 5.69 Å². The van der Waals surface area contributed by atoms with E-state index in [0.717, 1.165) is 0 Å². The lowest BCUT2D eigenvalue weighted by molar-refractivity contribution is -0.384. The molecular weight excluding hydrogens is 416 g/mol. The topological polar surface area (TPSA) is 136 Å². The predicted octanol–water partition coefficient (Wildman–Crippen LogP) is 3.65. The van der Waals surface area contributed by atoms with Gasteiger partial charge in [0.05, 0.1) is 17.7 Å². The Kier molecular flexibility index (Phi) is 6.96. The molecule has 0 saturated carbocycles. The Morgan fingerprint density at radius 3 is 2.53 bits per heavy atom. The predicted molar refractivity (Wildman–Crippen MR) is 118 cm³/mol. The van der Waals surface area contributed by atoms with Crippen molar-refractivity contribution in [1.82, 2.24) is 5.43 Å². The lowest BCUT2D eigenvalue weighted by Crippen LogP contribution is -2.32. The normalized spacial score (nSPS) is 10.7. The van der Waals surface area contributed by atoms with Crippen LogP contribution in [0.2, 0.25) is 0 Å². The Morgan fingerprint density at radius 2 is 1.88 bits per heavy atom. The van der Waals surface area contributed by atoms with E-state index >= 15 is 0 Å². The first-order valence-electron chi connectivity index (χ1n) is 9.60. The zero-order valence-corrected chi connectivity index (χ0v) is 17.3. The van der Waals surface area contributed by atoms with E-state index < -0.39 is 16.7 Å². The summed E-state index contributed by atoms with van der Waals surface area (Å²) in [6, 6.07) is 14.3. The molecule has 10 nitrogen and oxygen atoms in total. The van der Waals surface area contributed by atoms with Gasteiger partial charge in [0.2, 0.25) is 0 Å². The van der Waals surface area contributed by atoms with Crippen molar-refractivity contribution in [3.63, 3.8) is 0 Å². The number of furan rings is 1. The molecule has 1 heterocycles. The van der Waals surface area contributed by atoms with Crippen LogP contribution in [0.4, 0.5) is 11.4 Å². The van der Waals surface area contributed by atoms with E-state index in [2.05, 4.69) is 15.8 Å². The number of ether oxygens (including phenoxy) is 1. The number of rotatable bonds is 7. The molecule has 0 spiro atoms. The molecule has 164 valence electrons. The number of benzene rings is 2. The maximum Gasteiger partial charge on any atom is 0.329 e. The van der Waals surface area contributed by atoms with E-state index in [1.54, 1.807) is 49.4 Å². The number of nitrogens with zero attached hydrogens (tertiary/aromatic N) is 2. The molecule has 3 aromatic rings. The van der Waals surface area contributed by atoms with Crippen molar-refractivity contribution in [2.75, 3.05) is 11.9 Å². The molecule has 0 radical (unpaired) electrons. The molecule has 32 heavy (non-hydrogen) atoms. The van der Waals surface area contributed by atoms with E-state index in [1.165, 1.54) is 18.3 Å². The molecule has 0 unspecified atom stereocenters. The third kappa shape index (κ3) is 5.57. The first kappa shape index (κ1) is 22.2. The highest BCUT2D eigenvalue weighted by Crippen LogP contribution is 2.28. The summed E-state index contributed by atoms with van der Waals surface area (Å²) in [5.74, 6) is -0.370. The number of non-ortho nitro benzene ring substituents is 1. The molecule has 3 rings (SSSR count). The molecule has 0 saturated heterocycles. The summed E-state index contributed by atoms with van der Waals surface area (Å²) in [5, 5.41) is 17.0. The highest BCUT2D eigenvalue weighted by atomic mass is 16.6. The van der Waals surface area contributed by atoms with Crippen LogP contribution in [0, 0.1) is 17.0 Å². The minimum atomic E-state index is -0.951. The number of amides is 2. The van der Waals surface area contributed by atoms with Crippen LogP contribution in [0.25, 0.3) is 11.3 Å². The maximum atomic E-state index is 12.0. The monoisotopic (exact) mass is 436 g/mol. The fraction of sp³-hybridized carbons (Fsp3) is 0.136. The molecule has 2 N–H and O–H groups in total. The van der Waals surface area contributed by atoms with Crippen molar-refractivity contribution < 1.29 is 23.7 Å². The molecule has 0 bridgehead atoms. The third-order valence-corrected chi connectivity index (χ3v) is 4.30. The standard InChI is InChI=1S/C22H20N4O6/c1-3-31-17-7-4-15(5-8-17)24-21(27)22(28)25-23-13-18-9-11-20(32-18)19-10-6-16(26(29)30)12-14(19)2/h4-13H,3H2,1-2H3,(H,24,27)(H,25,28). The fourth-order valence-electron chi connectivity index (χ4n) is 2.80. The number of aryl methyl sites for hydroxylation is 1. The molecule has 1 aromatic heterocycles. The van der Waals surface area contributed by atoms with Crippen LogP contribution in [-0.4, -0.2) is 29.6 Å². The van der Waals surface area contributed by atoms with Gasteiger partial charge in [-0.25, -0.2) is 5.43 Å². The molecule has 2 aromatic carbocycles. The van der Waals surface area contributed by atoms with Gasteiger partial charge in [-0.3, -0.25) is 19.7 Å². The summed E-state index contributed by atoms with van der Waals surface area (Å²) in [6.45, 7) is 4.12. The second-order valence-electron chi connectivity index (χ2n) is 6.57. The number of carbonyl (C=O) groups excluding carboxylic acids is 2. The second kappa shape index (κ2) is 10.0. The van der Waals surface area contributed by atoms with Crippen LogP contribution in [0.1, 0.15) is 18.2 Å². The Labute approximate surface area is 183 Å². The number of hydrazone groups is 1. The van der Waals surface area contributed by atoms with Crippen LogP contribution < -0.4 is 15.5 Å². The van der Waals surface area contributed by atoms with Crippen LogP contribution in [0.5, 0.6) is 5.75 Å². The fourth-order valence-corrected chi connectivity index (χ4v) is 2.80. The van der Waals surface area contributed by atoms with Crippen LogP contribution in [0.3, 0.4) is 0 Å². The van der Waals surface area contributed by atoms with Gasteiger partial charge in [0.1, 0.15) is 17.3 Å². The number of nitro groups is 1. The number of nitro benzene ring substituents is 1. The Morgan fingerprint density at radius 1 is 1.12 bits per heavy atom. The molecular formula is C22H20N4O6. The van der Waals surface area contributed by atoms with Crippen LogP contribution in [0.15, 0.2) is 64.1 Å². The molecule has 0 aliphatic carbocycles. The van der Waals surface area contributed by atoms with Gasteiger partial charge in [0.15, 0.2) is 0 Å². The van der Waals surface area contributed by atoms with Gasteiger partial charge in [0.25, 0.3) is 5.69 Å². The van der Waals surface area contributed by atoms with E-state index in [9.17, 15) is 19.7 Å². The largest absolute Gasteiger partial charge is 0.494 e. The van der Waals surface area contributed by atoms with Crippen molar-refractivity contribution in [3.8, 4) is 17.1 Å². The quantitative estimate of drug-likeness (QED) is 0.251. The average molecular weight is 436 g/mol. The SMILES string of the molecule is CCOc1ccc(NC(=O)C(=O)NN=Cc2ccc(-c3ccc([N+](=O)[O-])cc3C)o2)cc1. The van der Waals surface area contributed by atoms with Gasteiger partial charge in [-0.15, -0.1) is 0 Å². The highest BCUT2D eigenvalue weighted by Gasteiger charge is 2.14. The number of nitrogens with one attached hydrogen (secondary N) is 2. The van der Waals surface area contributed by atoms with E-state index in [1.807, 2.05) is 6.92 Å². The van der Waals surface area contributed by atoms with Crippen LogP contribution in [-0.2, 0) is 9.59 Å². The number of anilines is 1. The minimum Gasteiger partial charge on any atom is -0.494 e. The smallest absolute Gasteiger partial charge is 0.329 e. The Hall–Kier alpha value is -4.47.